The van der Waals surface area contributed by atoms with Gasteiger partial charge >= 0.3 is 0 Å². The average molecular weight is 345 g/mol. The summed E-state index contributed by atoms with van der Waals surface area (Å²) in [4.78, 5) is 14.1. The van der Waals surface area contributed by atoms with Gasteiger partial charge < -0.3 is 10.0 Å². The maximum absolute atomic E-state index is 12.2. The van der Waals surface area contributed by atoms with Gasteiger partial charge in [-0.15, -0.1) is 0 Å². The Morgan fingerprint density at radius 1 is 1.29 bits per heavy atom. The van der Waals surface area contributed by atoms with E-state index in [1.54, 1.807) is 0 Å². The highest BCUT2D eigenvalue weighted by atomic mass is 127. The van der Waals surface area contributed by atoms with E-state index in [1.807, 2.05) is 29.2 Å². The van der Waals surface area contributed by atoms with Crippen molar-refractivity contribution in [2.45, 2.75) is 12.8 Å². The first-order chi connectivity index (χ1) is 8.20. The summed E-state index contributed by atoms with van der Waals surface area (Å²) in [6.07, 6.45) is 1.82. The molecule has 1 fully saturated rings. The van der Waals surface area contributed by atoms with Gasteiger partial charge in [-0.3, -0.25) is 4.79 Å². The van der Waals surface area contributed by atoms with Crippen molar-refractivity contribution in [2.24, 2.45) is 5.92 Å². The average Bonchev–Trinajstić information content (AvgIpc) is 2.39. The van der Waals surface area contributed by atoms with Gasteiger partial charge in [-0.1, -0.05) is 0 Å². The molecule has 1 heterocycles. The van der Waals surface area contributed by atoms with E-state index in [0.717, 1.165) is 35.1 Å². The minimum absolute atomic E-state index is 0.109. The monoisotopic (exact) mass is 345 g/mol. The van der Waals surface area contributed by atoms with Crippen molar-refractivity contribution >= 4 is 28.5 Å². The highest BCUT2D eigenvalue weighted by molar-refractivity contribution is 14.1. The molecule has 0 aliphatic carbocycles. The molecule has 0 aromatic heterocycles. The number of benzene rings is 1. The Morgan fingerprint density at radius 3 is 2.41 bits per heavy atom. The standard InChI is InChI=1S/C13H16INO2/c14-12-3-1-11(2-4-12)13(17)15-7-5-10(9-16)6-8-15/h1-4,10,16H,5-9H2. The van der Waals surface area contributed by atoms with E-state index in [9.17, 15) is 4.79 Å². The quantitative estimate of drug-likeness (QED) is 0.835. The van der Waals surface area contributed by atoms with E-state index in [-0.39, 0.29) is 12.5 Å². The van der Waals surface area contributed by atoms with Crippen LogP contribution in [0.25, 0.3) is 0 Å². The number of amides is 1. The second-order valence-corrected chi connectivity index (χ2v) is 5.67. The van der Waals surface area contributed by atoms with Crippen molar-refractivity contribution in [1.29, 1.82) is 0 Å². The molecule has 0 atom stereocenters. The third kappa shape index (κ3) is 3.19. The number of hydrogen-bond acceptors (Lipinski definition) is 2. The van der Waals surface area contributed by atoms with Gasteiger partial charge in [0, 0.05) is 28.8 Å². The van der Waals surface area contributed by atoms with Crippen molar-refractivity contribution < 1.29 is 9.90 Å². The van der Waals surface area contributed by atoms with Crippen LogP contribution in [0.5, 0.6) is 0 Å². The lowest BCUT2D eigenvalue weighted by molar-refractivity contribution is 0.0651. The zero-order valence-corrected chi connectivity index (χ0v) is 11.8. The van der Waals surface area contributed by atoms with Crippen molar-refractivity contribution in [3.63, 3.8) is 0 Å². The van der Waals surface area contributed by atoms with Crippen molar-refractivity contribution in [1.82, 2.24) is 4.90 Å². The predicted molar refractivity (Wildman–Crippen MR) is 74.9 cm³/mol. The van der Waals surface area contributed by atoms with Crippen LogP contribution in [0, 0.1) is 9.49 Å². The highest BCUT2D eigenvalue weighted by Gasteiger charge is 2.22. The van der Waals surface area contributed by atoms with Gasteiger partial charge in [-0.2, -0.15) is 0 Å². The Hall–Kier alpha value is -0.620. The summed E-state index contributed by atoms with van der Waals surface area (Å²) >= 11 is 2.23. The van der Waals surface area contributed by atoms with Crippen LogP contribution in [0.1, 0.15) is 23.2 Å². The molecule has 3 nitrogen and oxygen atoms in total. The number of carbonyl (C=O) groups is 1. The number of likely N-dealkylation sites (tertiary alicyclic amines) is 1. The summed E-state index contributed by atoms with van der Waals surface area (Å²) in [5.74, 6) is 0.480. The van der Waals surface area contributed by atoms with E-state index in [1.165, 1.54) is 0 Å². The van der Waals surface area contributed by atoms with Crippen molar-refractivity contribution in [2.75, 3.05) is 19.7 Å². The van der Waals surface area contributed by atoms with Gasteiger partial charge in [-0.25, -0.2) is 0 Å². The molecule has 1 N–H and O–H groups in total. The van der Waals surface area contributed by atoms with Crippen LogP contribution in [0.3, 0.4) is 0 Å². The topological polar surface area (TPSA) is 40.5 Å². The largest absolute Gasteiger partial charge is 0.396 e. The van der Waals surface area contributed by atoms with E-state index in [2.05, 4.69) is 22.6 Å². The van der Waals surface area contributed by atoms with Gasteiger partial charge in [0.2, 0.25) is 0 Å². The Kier molecular flexibility index (Phi) is 4.39. The fraction of sp³-hybridized carbons (Fsp3) is 0.462. The van der Waals surface area contributed by atoms with Crippen LogP contribution in [-0.2, 0) is 0 Å². The van der Waals surface area contributed by atoms with Gasteiger partial charge in [-0.05, 0) is 65.6 Å². The number of carbonyl (C=O) groups excluding carboxylic acids is 1. The van der Waals surface area contributed by atoms with Crippen LogP contribution in [-0.4, -0.2) is 35.6 Å². The first-order valence-electron chi connectivity index (χ1n) is 5.86. The van der Waals surface area contributed by atoms with Gasteiger partial charge in [0.05, 0.1) is 0 Å². The normalized spacial score (nSPS) is 17.2. The number of piperidine rings is 1. The van der Waals surface area contributed by atoms with Gasteiger partial charge in [0.15, 0.2) is 0 Å². The summed E-state index contributed by atoms with van der Waals surface area (Å²) in [5, 5.41) is 9.06. The molecular weight excluding hydrogens is 329 g/mol. The molecule has 0 spiro atoms. The number of nitrogens with zero attached hydrogens (tertiary/aromatic N) is 1. The number of hydrogen-bond donors (Lipinski definition) is 1. The fourth-order valence-electron chi connectivity index (χ4n) is 2.09. The van der Waals surface area contributed by atoms with E-state index >= 15 is 0 Å². The molecule has 1 aliphatic rings. The van der Waals surface area contributed by atoms with E-state index in [4.69, 9.17) is 5.11 Å². The second kappa shape index (κ2) is 5.82. The summed E-state index contributed by atoms with van der Waals surface area (Å²) < 4.78 is 1.14. The van der Waals surface area contributed by atoms with Crippen molar-refractivity contribution in [3.8, 4) is 0 Å². The highest BCUT2D eigenvalue weighted by Crippen LogP contribution is 2.18. The third-order valence-electron chi connectivity index (χ3n) is 3.25. The molecule has 1 saturated heterocycles. The molecule has 0 radical (unpaired) electrons. The Balaban J connectivity index is 1.99. The Labute approximate surface area is 115 Å². The fourth-order valence-corrected chi connectivity index (χ4v) is 2.45. The lowest BCUT2D eigenvalue weighted by atomic mass is 9.97. The first kappa shape index (κ1) is 12.8. The molecule has 1 aliphatic heterocycles. The maximum atomic E-state index is 12.2. The number of aliphatic hydroxyl groups is 1. The van der Waals surface area contributed by atoms with E-state index < -0.39 is 0 Å². The maximum Gasteiger partial charge on any atom is 0.253 e. The van der Waals surface area contributed by atoms with Crippen LogP contribution in [0.4, 0.5) is 0 Å². The summed E-state index contributed by atoms with van der Waals surface area (Å²) in [6.45, 7) is 1.76. The van der Waals surface area contributed by atoms with Crippen molar-refractivity contribution in [3.05, 3.63) is 33.4 Å². The molecular formula is C13H16INO2. The molecule has 17 heavy (non-hydrogen) atoms. The first-order valence-corrected chi connectivity index (χ1v) is 6.94. The van der Waals surface area contributed by atoms with Crippen LogP contribution < -0.4 is 0 Å². The molecule has 1 aromatic rings. The van der Waals surface area contributed by atoms with Crippen LogP contribution in [0.15, 0.2) is 24.3 Å². The van der Waals surface area contributed by atoms with Crippen LogP contribution >= 0.6 is 22.6 Å². The number of aliphatic hydroxyl groups excluding tert-OH is 1. The molecule has 4 heteroatoms. The van der Waals surface area contributed by atoms with Gasteiger partial charge in [0.25, 0.3) is 5.91 Å². The minimum Gasteiger partial charge on any atom is -0.396 e. The molecule has 92 valence electrons. The number of halogens is 1. The van der Waals surface area contributed by atoms with Gasteiger partial charge in [0.1, 0.15) is 0 Å². The zero-order chi connectivity index (χ0) is 12.3. The van der Waals surface area contributed by atoms with E-state index in [0.29, 0.717) is 5.92 Å². The summed E-state index contributed by atoms with van der Waals surface area (Å²) in [5.41, 5.74) is 0.757. The lowest BCUT2D eigenvalue weighted by Gasteiger charge is -2.31. The number of rotatable bonds is 2. The van der Waals surface area contributed by atoms with Crippen LogP contribution in [0.2, 0.25) is 0 Å². The third-order valence-corrected chi connectivity index (χ3v) is 3.97. The lowest BCUT2D eigenvalue weighted by Crippen LogP contribution is -2.39. The summed E-state index contributed by atoms with van der Waals surface area (Å²) in [6, 6.07) is 7.66. The predicted octanol–water partition coefficient (Wildman–Crippen LogP) is 2.14. The molecule has 0 saturated carbocycles. The molecule has 1 aromatic carbocycles. The molecule has 2 rings (SSSR count). The molecule has 1 amide bonds. The Morgan fingerprint density at radius 2 is 1.88 bits per heavy atom. The smallest absolute Gasteiger partial charge is 0.253 e. The zero-order valence-electron chi connectivity index (χ0n) is 9.60. The Bertz CT molecular complexity index is 383. The SMILES string of the molecule is O=C(c1ccc(I)cc1)N1CCC(CO)CC1. The second-order valence-electron chi connectivity index (χ2n) is 4.43. The minimum atomic E-state index is 0.109. The molecule has 0 bridgehead atoms. The summed E-state index contributed by atoms with van der Waals surface area (Å²) in [7, 11) is 0. The molecule has 0 unspecified atom stereocenters.